The Balaban J connectivity index is 1.66. The highest BCUT2D eigenvalue weighted by atomic mass is 32.2. The summed E-state index contributed by atoms with van der Waals surface area (Å²) in [6, 6.07) is 9.10. The van der Waals surface area contributed by atoms with Gasteiger partial charge in [0.1, 0.15) is 12.4 Å². The molecule has 8 nitrogen and oxygen atoms in total. The van der Waals surface area contributed by atoms with Gasteiger partial charge in [0.25, 0.3) is 0 Å². The third-order valence-electron chi connectivity index (χ3n) is 7.31. The number of nitrogens with zero attached hydrogens (tertiary/aromatic N) is 5. The van der Waals surface area contributed by atoms with Crippen LogP contribution in [0.4, 0.5) is 24.8 Å². The maximum atomic E-state index is 13.5. The highest BCUT2D eigenvalue weighted by molar-refractivity contribution is 7.90. The van der Waals surface area contributed by atoms with Gasteiger partial charge in [0.2, 0.25) is 11.8 Å². The largest absolute Gasteiger partial charge is 0.616 e. The van der Waals surface area contributed by atoms with Crippen LogP contribution in [0.15, 0.2) is 48.8 Å². The number of hydrogen-bond acceptors (Lipinski definition) is 8. The van der Waals surface area contributed by atoms with E-state index in [0.29, 0.717) is 34.8 Å². The van der Waals surface area contributed by atoms with Crippen LogP contribution in [0.1, 0.15) is 49.4 Å². The third kappa shape index (κ3) is 8.87. The highest BCUT2D eigenvalue weighted by Crippen LogP contribution is 2.32. The average molecular weight is 606 g/mol. The summed E-state index contributed by atoms with van der Waals surface area (Å²) in [5.74, 6) is 2.16. The zero-order chi connectivity index (χ0) is 30.1. The van der Waals surface area contributed by atoms with Crippen LogP contribution >= 0.6 is 0 Å². The fraction of sp³-hybridized carbons (Fsp3) is 0.500. The maximum Gasteiger partial charge on any atom is 0.416 e. The van der Waals surface area contributed by atoms with Crippen LogP contribution in [0.3, 0.4) is 0 Å². The van der Waals surface area contributed by atoms with Crippen LogP contribution in [0.2, 0.25) is 0 Å². The molecule has 42 heavy (non-hydrogen) atoms. The Hall–Kier alpha value is -3.25. The Morgan fingerprint density at radius 3 is 2.43 bits per heavy atom. The molecule has 12 heteroatoms. The quantitative estimate of drug-likeness (QED) is 0.211. The van der Waals surface area contributed by atoms with Crippen molar-refractivity contribution in [3.8, 4) is 11.6 Å². The summed E-state index contributed by atoms with van der Waals surface area (Å²) in [6.07, 6.45) is 5.06. The lowest BCUT2D eigenvalue weighted by atomic mass is 10.1. The second-order valence-electron chi connectivity index (χ2n) is 10.4. The third-order valence-corrected chi connectivity index (χ3v) is 8.06. The number of halogens is 3. The van der Waals surface area contributed by atoms with Crippen LogP contribution in [0.25, 0.3) is 0 Å². The monoisotopic (exact) mass is 605 g/mol. The van der Waals surface area contributed by atoms with Gasteiger partial charge in [0.05, 0.1) is 49.2 Å². The van der Waals surface area contributed by atoms with E-state index >= 15 is 0 Å². The van der Waals surface area contributed by atoms with Crippen molar-refractivity contribution in [1.29, 1.82) is 0 Å². The molecule has 1 unspecified atom stereocenters. The number of ether oxygens (including phenoxy) is 2. The Labute approximate surface area is 248 Å². The molecule has 1 aromatic carbocycles. The number of rotatable bonds is 14. The predicted octanol–water partition coefficient (Wildman–Crippen LogP) is 5.88. The molecule has 1 atom stereocenters. The molecule has 4 rings (SSSR count). The van der Waals surface area contributed by atoms with Crippen molar-refractivity contribution < 1.29 is 27.2 Å². The van der Waals surface area contributed by atoms with E-state index < -0.39 is 22.9 Å². The van der Waals surface area contributed by atoms with Crippen molar-refractivity contribution in [2.75, 3.05) is 48.6 Å². The molecule has 1 aliphatic rings. The SMILES string of the molecule is CCN(CC1CCCC1)c1ccc(OC)nc1CN(Cc1cccc(C(F)(F)F)c1)c1ncc(OCC[S+](C)[O-])cn1. The van der Waals surface area contributed by atoms with Crippen molar-refractivity contribution in [1.82, 2.24) is 15.0 Å². The predicted molar refractivity (Wildman–Crippen MR) is 158 cm³/mol. The number of hydrogen-bond donors (Lipinski definition) is 0. The molecule has 2 aromatic heterocycles. The van der Waals surface area contributed by atoms with Gasteiger partial charge < -0.3 is 23.8 Å². The molecule has 0 amide bonds. The Morgan fingerprint density at radius 1 is 1.05 bits per heavy atom. The van der Waals surface area contributed by atoms with Crippen LogP contribution in [0.5, 0.6) is 11.6 Å². The van der Waals surface area contributed by atoms with Gasteiger partial charge in [-0.3, -0.25) is 0 Å². The topological polar surface area (TPSA) is 86.7 Å². The first-order valence-electron chi connectivity index (χ1n) is 14.1. The first kappa shape index (κ1) is 31.7. The summed E-state index contributed by atoms with van der Waals surface area (Å²) in [7, 11) is 1.55. The Kier molecular flexibility index (Phi) is 11.1. The van der Waals surface area contributed by atoms with Gasteiger partial charge >= 0.3 is 6.18 Å². The summed E-state index contributed by atoms with van der Waals surface area (Å²) in [4.78, 5) is 17.9. The molecule has 0 bridgehead atoms. The fourth-order valence-corrected chi connectivity index (χ4v) is 5.48. The van der Waals surface area contributed by atoms with Gasteiger partial charge in [-0.15, -0.1) is 0 Å². The van der Waals surface area contributed by atoms with Crippen LogP contribution < -0.4 is 19.3 Å². The average Bonchev–Trinajstić information content (AvgIpc) is 3.49. The van der Waals surface area contributed by atoms with E-state index in [4.69, 9.17) is 14.5 Å². The Bertz CT molecular complexity index is 1270. The fourth-order valence-electron chi connectivity index (χ4n) is 5.16. The number of anilines is 2. The molecular formula is C30H38F3N5O3S. The number of alkyl halides is 3. The Morgan fingerprint density at radius 2 is 1.79 bits per heavy atom. The standard InChI is InChI=1S/C30H38F3N5O3S/c1-4-37(19-22-8-5-6-9-22)27-12-13-28(40-2)36-26(27)21-38(20-23-10-7-11-24(16-23)30(31,32)33)29-34-17-25(18-35-29)41-14-15-42(3)39/h7,10-13,16-18,22H,4-6,8-9,14-15,19-21H2,1-3H3. The summed E-state index contributed by atoms with van der Waals surface area (Å²) in [6.45, 7) is 4.42. The number of methoxy groups -OCH3 is 1. The number of aromatic nitrogens is 3. The minimum atomic E-state index is -4.46. The molecule has 0 saturated heterocycles. The zero-order valence-corrected chi connectivity index (χ0v) is 25.1. The molecule has 0 aliphatic heterocycles. The van der Waals surface area contributed by atoms with E-state index in [1.54, 1.807) is 24.3 Å². The molecule has 3 aromatic rings. The molecule has 2 heterocycles. The van der Waals surface area contributed by atoms with Crippen molar-refractivity contribution in [2.24, 2.45) is 5.92 Å². The minimum Gasteiger partial charge on any atom is -0.616 e. The van der Waals surface area contributed by atoms with E-state index in [1.165, 1.54) is 44.1 Å². The zero-order valence-electron chi connectivity index (χ0n) is 24.3. The minimum absolute atomic E-state index is 0.117. The summed E-state index contributed by atoms with van der Waals surface area (Å²) in [5, 5.41) is 0. The van der Waals surface area contributed by atoms with Gasteiger partial charge in [-0.2, -0.15) is 13.2 Å². The molecule has 0 N–H and O–H groups in total. The molecule has 1 fully saturated rings. The summed E-state index contributed by atoms with van der Waals surface area (Å²) in [5.41, 5.74) is 1.41. The van der Waals surface area contributed by atoms with Crippen molar-refractivity contribution in [3.63, 3.8) is 0 Å². The molecule has 1 saturated carbocycles. The molecule has 0 spiro atoms. The summed E-state index contributed by atoms with van der Waals surface area (Å²) >= 11 is -0.992. The molecule has 1 aliphatic carbocycles. The maximum absolute atomic E-state index is 13.5. The first-order valence-corrected chi connectivity index (χ1v) is 15.8. The van der Waals surface area contributed by atoms with Crippen LogP contribution in [-0.4, -0.2) is 58.3 Å². The van der Waals surface area contributed by atoms with E-state index in [2.05, 4.69) is 21.8 Å². The second-order valence-corrected chi connectivity index (χ2v) is 12.0. The van der Waals surface area contributed by atoms with Gasteiger partial charge in [-0.1, -0.05) is 36.2 Å². The van der Waals surface area contributed by atoms with Gasteiger partial charge in [-0.05, 0) is 49.4 Å². The number of benzene rings is 1. The highest BCUT2D eigenvalue weighted by Gasteiger charge is 2.30. The number of pyridine rings is 1. The van der Waals surface area contributed by atoms with Gasteiger partial charge in [0.15, 0.2) is 5.75 Å². The van der Waals surface area contributed by atoms with Gasteiger partial charge in [0, 0.05) is 25.7 Å². The normalized spacial score (nSPS) is 14.5. The molecular weight excluding hydrogens is 567 g/mol. The second kappa shape index (κ2) is 14.8. The van der Waals surface area contributed by atoms with E-state index in [9.17, 15) is 17.7 Å². The van der Waals surface area contributed by atoms with Crippen LogP contribution in [-0.2, 0) is 30.4 Å². The van der Waals surface area contributed by atoms with Crippen LogP contribution in [0, 0.1) is 5.92 Å². The molecule has 228 valence electrons. The smallest absolute Gasteiger partial charge is 0.416 e. The van der Waals surface area contributed by atoms with Crippen molar-refractivity contribution in [3.05, 3.63) is 65.6 Å². The molecule has 0 radical (unpaired) electrons. The van der Waals surface area contributed by atoms with Crippen molar-refractivity contribution >= 4 is 22.8 Å². The van der Waals surface area contributed by atoms with E-state index in [1.807, 2.05) is 12.1 Å². The van der Waals surface area contributed by atoms with Crippen molar-refractivity contribution in [2.45, 2.75) is 51.9 Å². The van der Waals surface area contributed by atoms with E-state index in [0.717, 1.165) is 36.6 Å². The first-order chi connectivity index (χ1) is 20.2. The summed E-state index contributed by atoms with van der Waals surface area (Å²) < 4.78 is 62.9. The lowest BCUT2D eigenvalue weighted by Gasteiger charge is -2.30. The van der Waals surface area contributed by atoms with Gasteiger partial charge in [-0.25, -0.2) is 15.0 Å². The lowest BCUT2D eigenvalue weighted by Crippen LogP contribution is -2.31. The van der Waals surface area contributed by atoms with E-state index in [-0.39, 0.29) is 19.7 Å². The lowest BCUT2D eigenvalue weighted by molar-refractivity contribution is -0.137.